The summed E-state index contributed by atoms with van der Waals surface area (Å²) in [5, 5.41) is 0. The highest BCUT2D eigenvalue weighted by Gasteiger charge is 2.45. The summed E-state index contributed by atoms with van der Waals surface area (Å²) in [6, 6.07) is 0. The van der Waals surface area contributed by atoms with Crippen molar-refractivity contribution < 1.29 is 22.7 Å². The van der Waals surface area contributed by atoms with Crippen molar-refractivity contribution in [1.82, 2.24) is 4.90 Å². The molecule has 112 valence electrons. The lowest BCUT2D eigenvalue weighted by Gasteiger charge is -2.30. The molecule has 0 spiro atoms. The Labute approximate surface area is 112 Å². The number of ether oxygens (including phenoxy) is 1. The maximum Gasteiger partial charge on any atom is 0.410 e. The van der Waals surface area contributed by atoms with Crippen LogP contribution in [0.4, 0.5) is 18.0 Å². The maximum absolute atomic E-state index is 13.0. The van der Waals surface area contributed by atoms with E-state index in [9.17, 15) is 18.0 Å². The lowest BCUT2D eigenvalue weighted by atomic mass is 9.91. The van der Waals surface area contributed by atoms with E-state index in [2.05, 4.69) is 0 Å². The summed E-state index contributed by atoms with van der Waals surface area (Å²) in [5.41, 5.74) is -0.692. The van der Waals surface area contributed by atoms with Gasteiger partial charge in [-0.25, -0.2) is 4.79 Å². The summed E-state index contributed by atoms with van der Waals surface area (Å²) in [4.78, 5) is 13.1. The fourth-order valence-corrected chi connectivity index (χ4v) is 2.23. The molecule has 0 N–H and O–H groups in total. The highest BCUT2D eigenvalue weighted by molar-refractivity contribution is 5.68. The van der Waals surface area contributed by atoms with Crippen molar-refractivity contribution >= 4 is 6.09 Å². The first-order valence-corrected chi connectivity index (χ1v) is 6.55. The van der Waals surface area contributed by atoms with Crippen molar-refractivity contribution in [3.05, 3.63) is 0 Å². The van der Waals surface area contributed by atoms with Gasteiger partial charge in [0.05, 0.1) is 5.92 Å². The van der Waals surface area contributed by atoms with Crippen molar-refractivity contribution in [1.29, 1.82) is 0 Å². The van der Waals surface area contributed by atoms with Gasteiger partial charge in [-0.3, -0.25) is 0 Å². The molecule has 1 fully saturated rings. The zero-order valence-corrected chi connectivity index (χ0v) is 11.9. The summed E-state index contributed by atoms with van der Waals surface area (Å²) in [7, 11) is 0. The third-order valence-corrected chi connectivity index (χ3v) is 3.26. The number of rotatable bonds is 0. The quantitative estimate of drug-likeness (QED) is 0.675. The van der Waals surface area contributed by atoms with Gasteiger partial charge in [-0.1, -0.05) is 6.92 Å². The van der Waals surface area contributed by atoms with Crippen LogP contribution in [0.2, 0.25) is 0 Å². The van der Waals surface area contributed by atoms with Gasteiger partial charge in [0, 0.05) is 13.1 Å². The number of halogens is 3. The van der Waals surface area contributed by atoms with Gasteiger partial charge in [-0.2, -0.15) is 13.2 Å². The average molecular weight is 281 g/mol. The molecule has 1 rings (SSSR count). The summed E-state index contributed by atoms with van der Waals surface area (Å²) >= 11 is 0. The summed E-state index contributed by atoms with van der Waals surface area (Å²) < 4.78 is 44.1. The van der Waals surface area contributed by atoms with Gasteiger partial charge in [-0.15, -0.1) is 0 Å². The molecule has 0 aliphatic carbocycles. The zero-order chi connectivity index (χ0) is 14.8. The summed E-state index contributed by atoms with van der Waals surface area (Å²) in [6.45, 7) is 6.72. The van der Waals surface area contributed by atoms with Crippen LogP contribution in [0.25, 0.3) is 0 Å². The minimum atomic E-state index is -4.27. The third kappa shape index (κ3) is 4.91. The molecule has 1 amide bonds. The number of nitrogens with zero attached hydrogens (tertiary/aromatic N) is 1. The van der Waals surface area contributed by atoms with Crippen LogP contribution in [-0.2, 0) is 4.74 Å². The third-order valence-electron chi connectivity index (χ3n) is 3.26. The Morgan fingerprint density at radius 2 is 1.84 bits per heavy atom. The van der Waals surface area contributed by atoms with Crippen molar-refractivity contribution in [2.45, 2.75) is 52.3 Å². The van der Waals surface area contributed by atoms with E-state index in [1.165, 1.54) is 4.90 Å². The summed E-state index contributed by atoms with van der Waals surface area (Å²) in [5.74, 6) is -1.94. The van der Waals surface area contributed by atoms with Crippen LogP contribution in [0.5, 0.6) is 0 Å². The largest absolute Gasteiger partial charge is 0.444 e. The number of alkyl halides is 3. The molecular formula is C13H22F3NO2. The van der Waals surface area contributed by atoms with Crippen molar-refractivity contribution in [2.75, 3.05) is 13.1 Å². The van der Waals surface area contributed by atoms with Crippen LogP contribution in [0.1, 0.15) is 40.5 Å². The van der Waals surface area contributed by atoms with E-state index in [1.807, 2.05) is 0 Å². The van der Waals surface area contributed by atoms with E-state index >= 15 is 0 Å². The second-order valence-corrected chi connectivity index (χ2v) is 6.19. The topological polar surface area (TPSA) is 29.5 Å². The average Bonchev–Trinajstić information content (AvgIpc) is 2.36. The molecule has 19 heavy (non-hydrogen) atoms. The molecule has 1 aliphatic rings. The van der Waals surface area contributed by atoms with E-state index in [4.69, 9.17) is 4.74 Å². The van der Waals surface area contributed by atoms with E-state index in [-0.39, 0.29) is 6.54 Å². The molecule has 6 heteroatoms. The highest BCUT2D eigenvalue weighted by atomic mass is 19.4. The van der Waals surface area contributed by atoms with E-state index in [0.29, 0.717) is 19.4 Å². The first kappa shape index (κ1) is 16.1. The van der Waals surface area contributed by atoms with Gasteiger partial charge in [0.15, 0.2) is 0 Å². The Hall–Kier alpha value is -0.940. The Morgan fingerprint density at radius 3 is 2.32 bits per heavy atom. The second kappa shape index (κ2) is 5.59. The van der Waals surface area contributed by atoms with E-state index in [0.717, 1.165) is 0 Å². The Morgan fingerprint density at radius 1 is 1.26 bits per heavy atom. The molecule has 0 aromatic heterocycles. The highest BCUT2D eigenvalue weighted by Crippen LogP contribution is 2.36. The fourth-order valence-electron chi connectivity index (χ4n) is 2.23. The molecular weight excluding hydrogens is 259 g/mol. The normalized spacial score (nSPS) is 25.9. The van der Waals surface area contributed by atoms with Crippen LogP contribution in [0.15, 0.2) is 0 Å². The number of hydrogen-bond donors (Lipinski definition) is 0. The zero-order valence-electron chi connectivity index (χ0n) is 11.9. The number of hydrogen-bond acceptors (Lipinski definition) is 2. The first-order chi connectivity index (χ1) is 8.50. The molecule has 0 radical (unpaired) electrons. The van der Waals surface area contributed by atoms with Gasteiger partial charge in [0.2, 0.25) is 0 Å². The van der Waals surface area contributed by atoms with Crippen LogP contribution in [-0.4, -0.2) is 35.9 Å². The molecule has 1 aliphatic heterocycles. The maximum atomic E-state index is 13.0. The van der Waals surface area contributed by atoms with Gasteiger partial charge in [0.1, 0.15) is 5.60 Å². The molecule has 3 nitrogen and oxygen atoms in total. The van der Waals surface area contributed by atoms with Gasteiger partial charge in [0.25, 0.3) is 0 Å². The molecule has 1 saturated heterocycles. The van der Waals surface area contributed by atoms with Gasteiger partial charge >= 0.3 is 12.3 Å². The molecule has 1 heterocycles. The van der Waals surface area contributed by atoms with Crippen LogP contribution in [0, 0.1) is 11.8 Å². The molecule has 0 unspecified atom stereocenters. The summed E-state index contributed by atoms with van der Waals surface area (Å²) in [6.07, 6.45) is -3.88. The van der Waals surface area contributed by atoms with Gasteiger partial charge in [-0.05, 0) is 39.5 Å². The van der Waals surface area contributed by atoms with Crippen molar-refractivity contribution in [3.8, 4) is 0 Å². The first-order valence-electron chi connectivity index (χ1n) is 6.55. The smallest absolute Gasteiger partial charge is 0.410 e. The van der Waals surface area contributed by atoms with Crippen LogP contribution in [0.3, 0.4) is 0 Å². The molecule has 0 saturated carbocycles. The second-order valence-electron chi connectivity index (χ2n) is 6.19. The molecule has 0 aromatic carbocycles. The monoisotopic (exact) mass is 281 g/mol. The van der Waals surface area contributed by atoms with Crippen molar-refractivity contribution in [3.63, 3.8) is 0 Å². The fraction of sp³-hybridized carbons (Fsp3) is 0.923. The standard InChI is InChI=1S/C13H22F3NO2/c1-9-6-5-7-17(8-10(9)13(14,15)16)11(18)19-12(2,3)4/h9-10H,5-8H2,1-4H3/t9-,10+/m1/s1. The number of likely N-dealkylation sites (tertiary alicyclic amines) is 1. The predicted octanol–water partition coefficient (Wildman–Crippen LogP) is 3.83. The number of carbonyl (C=O) groups is 1. The SMILES string of the molecule is C[C@@H]1CCCN(C(=O)OC(C)(C)C)C[C@@H]1C(F)(F)F. The van der Waals surface area contributed by atoms with E-state index in [1.54, 1.807) is 27.7 Å². The van der Waals surface area contributed by atoms with Crippen molar-refractivity contribution in [2.24, 2.45) is 11.8 Å². The van der Waals surface area contributed by atoms with Gasteiger partial charge < -0.3 is 9.64 Å². The Balaban J connectivity index is 2.77. The minimum Gasteiger partial charge on any atom is -0.444 e. The Bertz CT molecular complexity index is 323. The van der Waals surface area contributed by atoms with Crippen LogP contribution < -0.4 is 0 Å². The Kier molecular flexibility index (Phi) is 4.74. The van der Waals surface area contributed by atoms with Crippen LogP contribution >= 0.6 is 0 Å². The molecule has 2 atom stereocenters. The number of carbonyl (C=O) groups excluding carboxylic acids is 1. The van der Waals surface area contributed by atoms with E-state index < -0.39 is 29.7 Å². The molecule has 0 bridgehead atoms. The molecule has 0 aromatic rings. The number of amides is 1. The predicted molar refractivity (Wildman–Crippen MR) is 65.8 cm³/mol. The lowest BCUT2D eigenvalue weighted by molar-refractivity contribution is -0.189. The lowest BCUT2D eigenvalue weighted by Crippen LogP contribution is -2.43. The minimum absolute atomic E-state index is 0.306.